The number of piperidine rings is 1. The molecule has 2 aromatic carbocycles. The van der Waals surface area contributed by atoms with Crippen LogP contribution in [-0.4, -0.2) is 40.6 Å². The minimum absolute atomic E-state index is 0.0287. The fraction of sp³-hybridized carbons (Fsp3) is 0.320. The summed E-state index contributed by atoms with van der Waals surface area (Å²) in [7, 11) is 0. The topological polar surface area (TPSA) is 129 Å². The Kier molecular flexibility index (Phi) is 6.05. The SMILES string of the molecule is CC(C)(C)c1ccc([NH2+]C(=O)NCc2ccc3c(c2)C(=O)N(C2CCC(=O)NC2=O)C3=O)cc1. The van der Waals surface area contributed by atoms with E-state index >= 15 is 0 Å². The third-order valence-electron chi connectivity index (χ3n) is 6.05. The number of benzene rings is 2. The number of hydrogen-bond donors (Lipinski definition) is 3. The number of carbonyl (C=O) groups excluding carboxylic acids is 5. The summed E-state index contributed by atoms with van der Waals surface area (Å²) in [5.74, 6) is -2.20. The van der Waals surface area contributed by atoms with E-state index in [-0.39, 0.29) is 42.0 Å². The van der Waals surface area contributed by atoms with E-state index in [2.05, 4.69) is 31.4 Å². The average molecular weight is 464 g/mol. The lowest BCUT2D eigenvalue weighted by molar-refractivity contribution is -0.465. The molecule has 2 aliphatic rings. The van der Waals surface area contributed by atoms with Crippen LogP contribution in [0.4, 0.5) is 10.5 Å². The molecule has 1 unspecified atom stereocenters. The number of urea groups is 1. The molecular formula is C25H27N4O5+. The van der Waals surface area contributed by atoms with Crippen LogP contribution < -0.4 is 16.0 Å². The molecule has 9 heteroatoms. The predicted molar refractivity (Wildman–Crippen MR) is 122 cm³/mol. The van der Waals surface area contributed by atoms with Gasteiger partial charge in [0, 0.05) is 13.0 Å². The van der Waals surface area contributed by atoms with Gasteiger partial charge in [-0.15, -0.1) is 0 Å². The third-order valence-corrected chi connectivity index (χ3v) is 6.05. The van der Waals surface area contributed by atoms with Crippen LogP contribution in [0.25, 0.3) is 0 Å². The summed E-state index contributed by atoms with van der Waals surface area (Å²) in [5.41, 5.74) is 3.02. The molecule has 0 saturated carbocycles. The summed E-state index contributed by atoms with van der Waals surface area (Å²) in [4.78, 5) is 62.5. The molecule has 2 heterocycles. The molecule has 4 rings (SSSR count). The zero-order valence-electron chi connectivity index (χ0n) is 19.3. The van der Waals surface area contributed by atoms with Gasteiger partial charge in [0.15, 0.2) is 0 Å². The number of hydrogen-bond acceptors (Lipinski definition) is 5. The molecule has 1 fully saturated rings. The van der Waals surface area contributed by atoms with Crippen molar-refractivity contribution in [2.24, 2.45) is 0 Å². The van der Waals surface area contributed by atoms with Crippen LogP contribution >= 0.6 is 0 Å². The van der Waals surface area contributed by atoms with Gasteiger partial charge >= 0.3 is 6.03 Å². The molecule has 0 bridgehead atoms. The average Bonchev–Trinajstić information content (AvgIpc) is 3.02. The highest BCUT2D eigenvalue weighted by molar-refractivity contribution is 6.23. The minimum Gasteiger partial charge on any atom is -0.301 e. The maximum atomic E-state index is 12.9. The van der Waals surface area contributed by atoms with Gasteiger partial charge in [-0.05, 0) is 47.2 Å². The Morgan fingerprint density at radius 1 is 1.03 bits per heavy atom. The highest BCUT2D eigenvalue weighted by Crippen LogP contribution is 2.28. The van der Waals surface area contributed by atoms with Crippen LogP contribution in [0.3, 0.4) is 0 Å². The molecule has 4 N–H and O–H groups in total. The Morgan fingerprint density at radius 2 is 1.71 bits per heavy atom. The quantitative estimate of drug-likeness (QED) is 0.467. The molecule has 0 aliphatic carbocycles. The second kappa shape index (κ2) is 8.83. The number of carbonyl (C=O) groups is 5. The fourth-order valence-electron chi connectivity index (χ4n) is 4.10. The van der Waals surface area contributed by atoms with Crippen molar-refractivity contribution in [3.63, 3.8) is 0 Å². The van der Waals surface area contributed by atoms with Crippen LogP contribution in [0.15, 0.2) is 42.5 Å². The normalized spacial score (nSPS) is 18.1. The summed E-state index contributed by atoms with van der Waals surface area (Å²) >= 11 is 0. The Morgan fingerprint density at radius 3 is 2.35 bits per heavy atom. The molecule has 0 aromatic heterocycles. The van der Waals surface area contributed by atoms with E-state index in [0.717, 1.165) is 10.6 Å². The van der Waals surface area contributed by atoms with Gasteiger partial charge in [-0.25, -0.2) is 10.1 Å². The number of imide groups is 2. The van der Waals surface area contributed by atoms with Gasteiger partial charge in [-0.1, -0.05) is 39.0 Å². The van der Waals surface area contributed by atoms with E-state index in [1.54, 1.807) is 12.1 Å². The van der Waals surface area contributed by atoms with E-state index in [0.29, 0.717) is 5.56 Å². The van der Waals surface area contributed by atoms with Crippen molar-refractivity contribution in [1.82, 2.24) is 15.5 Å². The Bertz CT molecular complexity index is 1200. The lowest BCUT2D eigenvalue weighted by Crippen LogP contribution is -2.85. The molecule has 9 nitrogen and oxygen atoms in total. The van der Waals surface area contributed by atoms with Crippen LogP contribution in [0, 0.1) is 0 Å². The lowest BCUT2D eigenvalue weighted by atomic mass is 9.87. The molecule has 1 saturated heterocycles. The third kappa shape index (κ3) is 4.60. The van der Waals surface area contributed by atoms with Gasteiger partial charge in [0.25, 0.3) is 11.8 Å². The maximum absolute atomic E-state index is 12.9. The van der Waals surface area contributed by atoms with E-state index in [1.807, 2.05) is 24.3 Å². The highest BCUT2D eigenvalue weighted by atomic mass is 16.2. The summed E-state index contributed by atoms with van der Waals surface area (Å²) in [5, 5.41) is 6.46. The molecule has 34 heavy (non-hydrogen) atoms. The van der Waals surface area contributed by atoms with E-state index in [9.17, 15) is 24.0 Å². The summed E-state index contributed by atoms with van der Waals surface area (Å²) in [6.45, 7) is 6.54. The molecule has 0 spiro atoms. The fourth-order valence-corrected chi connectivity index (χ4v) is 4.10. The second-order valence-electron chi connectivity index (χ2n) is 9.56. The molecule has 2 aliphatic heterocycles. The van der Waals surface area contributed by atoms with Crippen molar-refractivity contribution in [1.29, 1.82) is 0 Å². The Hall–Kier alpha value is -3.85. The number of rotatable bonds is 4. The largest absolute Gasteiger partial charge is 0.418 e. The van der Waals surface area contributed by atoms with Crippen molar-refractivity contribution < 1.29 is 29.3 Å². The number of nitrogens with two attached hydrogens (primary N) is 1. The van der Waals surface area contributed by atoms with Crippen LogP contribution in [0.1, 0.15) is 65.5 Å². The number of amides is 6. The van der Waals surface area contributed by atoms with Crippen molar-refractivity contribution in [2.75, 3.05) is 0 Å². The molecule has 6 amide bonds. The standard InChI is InChI=1S/C25H26N4O5/c1-25(2,3)15-5-7-16(8-6-15)27-24(34)26-13-14-4-9-17-18(12-14)23(33)29(22(17)32)19-10-11-20(30)28-21(19)31/h4-9,12,19H,10-11,13H2,1-3H3,(H2,26,27,34)(H,28,30,31)/p+1. The molecular weight excluding hydrogens is 436 g/mol. The van der Waals surface area contributed by atoms with Gasteiger partial charge in [0.05, 0.1) is 11.1 Å². The molecule has 176 valence electrons. The van der Waals surface area contributed by atoms with Gasteiger partial charge in [-0.3, -0.25) is 29.4 Å². The van der Waals surface area contributed by atoms with E-state index in [4.69, 9.17) is 0 Å². The van der Waals surface area contributed by atoms with Crippen LogP contribution in [0.2, 0.25) is 0 Å². The first-order valence-electron chi connectivity index (χ1n) is 11.1. The summed E-state index contributed by atoms with van der Waals surface area (Å²) in [6, 6.07) is 11.2. The zero-order chi connectivity index (χ0) is 24.6. The van der Waals surface area contributed by atoms with Crippen LogP contribution in [0.5, 0.6) is 0 Å². The number of nitrogens with zero attached hydrogens (tertiary/aromatic N) is 1. The smallest absolute Gasteiger partial charge is 0.301 e. The highest BCUT2D eigenvalue weighted by Gasteiger charge is 2.44. The van der Waals surface area contributed by atoms with E-state index < -0.39 is 29.7 Å². The van der Waals surface area contributed by atoms with Gasteiger partial charge in [0.2, 0.25) is 11.8 Å². The Balaban J connectivity index is 1.39. The second-order valence-corrected chi connectivity index (χ2v) is 9.56. The van der Waals surface area contributed by atoms with Crippen molar-refractivity contribution in [3.8, 4) is 0 Å². The monoisotopic (exact) mass is 463 g/mol. The van der Waals surface area contributed by atoms with Crippen molar-refractivity contribution in [3.05, 3.63) is 64.7 Å². The van der Waals surface area contributed by atoms with Crippen LogP contribution in [-0.2, 0) is 21.5 Å². The number of quaternary nitrogens is 1. The number of primary amides is 1. The predicted octanol–water partition coefficient (Wildman–Crippen LogP) is 1.49. The molecule has 1 atom stereocenters. The first-order chi connectivity index (χ1) is 16.0. The summed E-state index contributed by atoms with van der Waals surface area (Å²) in [6.07, 6.45) is 0.169. The maximum Gasteiger partial charge on any atom is 0.418 e. The summed E-state index contributed by atoms with van der Waals surface area (Å²) < 4.78 is 0. The first-order valence-corrected chi connectivity index (χ1v) is 11.1. The zero-order valence-corrected chi connectivity index (χ0v) is 19.3. The van der Waals surface area contributed by atoms with Gasteiger partial charge in [-0.2, -0.15) is 0 Å². The van der Waals surface area contributed by atoms with Gasteiger partial charge < -0.3 is 5.32 Å². The number of nitrogens with one attached hydrogen (secondary N) is 2. The molecule has 0 radical (unpaired) electrons. The van der Waals surface area contributed by atoms with Gasteiger partial charge in [0.1, 0.15) is 11.7 Å². The van der Waals surface area contributed by atoms with E-state index in [1.165, 1.54) is 16.9 Å². The first kappa shape index (κ1) is 23.3. The van der Waals surface area contributed by atoms with Crippen molar-refractivity contribution >= 4 is 35.3 Å². The lowest BCUT2D eigenvalue weighted by Gasteiger charge is -2.27. The number of fused-ring (bicyclic) bond motifs is 1. The Labute approximate surface area is 196 Å². The minimum atomic E-state index is -1.01. The molecule has 2 aromatic rings. The van der Waals surface area contributed by atoms with Crippen molar-refractivity contribution in [2.45, 2.75) is 51.6 Å².